The summed E-state index contributed by atoms with van der Waals surface area (Å²) in [6, 6.07) is 5.90. The number of hydrogen-bond donors (Lipinski definition) is 2. The highest BCUT2D eigenvalue weighted by Crippen LogP contribution is 2.19. The number of nitrogens with two attached hydrogens (primary N) is 1. The van der Waals surface area contributed by atoms with Gasteiger partial charge in [-0.3, -0.25) is 14.2 Å². The van der Waals surface area contributed by atoms with E-state index in [1.807, 2.05) is 28.8 Å². The van der Waals surface area contributed by atoms with Gasteiger partial charge in [0.05, 0.1) is 0 Å². The lowest BCUT2D eigenvalue weighted by atomic mass is 9.95. The fourth-order valence-corrected chi connectivity index (χ4v) is 3.55. The molecule has 3 rings (SSSR count). The SMILES string of the molecule is CN=C(NCCCc1nnc2ccccn12)N1CCCC(CC(N)=O)C1.I. The fraction of sp³-hybridized carbons (Fsp3) is 0.556. The smallest absolute Gasteiger partial charge is 0.217 e. The molecule has 1 fully saturated rings. The van der Waals surface area contributed by atoms with Crippen molar-refractivity contribution in [3.8, 4) is 0 Å². The van der Waals surface area contributed by atoms with Crippen LogP contribution in [-0.2, 0) is 11.2 Å². The van der Waals surface area contributed by atoms with Crippen molar-refractivity contribution < 1.29 is 4.79 Å². The molecule has 0 radical (unpaired) electrons. The summed E-state index contributed by atoms with van der Waals surface area (Å²) in [4.78, 5) is 17.8. The number of rotatable bonds is 6. The van der Waals surface area contributed by atoms with Gasteiger partial charge in [-0.25, -0.2) is 0 Å². The zero-order chi connectivity index (χ0) is 18.4. The number of pyridine rings is 1. The van der Waals surface area contributed by atoms with Gasteiger partial charge in [-0.15, -0.1) is 34.2 Å². The number of aromatic nitrogens is 3. The molecule has 1 amide bonds. The Kier molecular flexibility index (Phi) is 8.26. The van der Waals surface area contributed by atoms with Crippen molar-refractivity contribution in [2.24, 2.45) is 16.6 Å². The van der Waals surface area contributed by atoms with E-state index in [0.29, 0.717) is 12.3 Å². The number of hydrogen-bond acceptors (Lipinski definition) is 4. The predicted molar refractivity (Wildman–Crippen MR) is 116 cm³/mol. The van der Waals surface area contributed by atoms with E-state index in [4.69, 9.17) is 5.73 Å². The molecule has 1 atom stereocenters. The van der Waals surface area contributed by atoms with Crippen LogP contribution < -0.4 is 11.1 Å². The molecular formula is C18H28IN7O. The van der Waals surface area contributed by atoms with E-state index in [9.17, 15) is 4.79 Å². The van der Waals surface area contributed by atoms with E-state index in [1.165, 1.54) is 0 Å². The Morgan fingerprint density at radius 1 is 1.41 bits per heavy atom. The van der Waals surface area contributed by atoms with Gasteiger partial charge in [0, 0.05) is 45.7 Å². The van der Waals surface area contributed by atoms with E-state index in [-0.39, 0.29) is 29.9 Å². The molecule has 1 aliphatic heterocycles. The third-order valence-electron chi connectivity index (χ3n) is 4.76. The van der Waals surface area contributed by atoms with E-state index < -0.39 is 0 Å². The third kappa shape index (κ3) is 5.78. The number of nitrogens with zero attached hydrogens (tertiary/aromatic N) is 5. The number of fused-ring (bicyclic) bond motifs is 1. The minimum absolute atomic E-state index is 0. The molecule has 1 saturated heterocycles. The van der Waals surface area contributed by atoms with Crippen LogP contribution in [-0.4, -0.2) is 58.0 Å². The van der Waals surface area contributed by atoms with Gasteiger partial charge in [-0.05, 0) is 37.3 Å². The first kappa shape index (κ1) is 21.4. The first-order chi connectivity index (χ1) is 12.7. The third-order valence-corrected chi connectivity index (χ3v) is 4.76. The number of carbonyl (C=O) groups is 1. The summed E-state index contributed by atoms with van der Waals surface area (Å²) < 4.78 is 2.02. The van der Waals surface area contributed by atoms with Gasteiger partial charge < -0.3 is 16.0 Å². The quantitative estimate of drug-likeness (QED) is 0.279. The van der Waals surface area contributed by atoms with Gasteiger partial charge in [-0.1, -0.05) is 6.07 Å². The van der Waals surface area contributed by atoms with Crippen LogP contribution in [0.4, 0.5) is 0 Å². The number of halogens is 1. The van der Waals surface area contributed by atoms with Gasteiger partial charge >= 0.3 is 0 Å². The monoisotopic (exact) mass is 485 g/mol. The van der Waals surface area contributed by atoms with E-state index >= 15 is 0 Å². The number of aryl methyl sites for hydroxylation is 1. The Balaban J connectivity index is 0.00000261. The molecule has 27 heavy (non-hydrogen) atoms. The Bertz CT molecular complexity index is 776. The Morgan fingerprint density at radius 2 is 2.26 bits per heavy atom. The average molecular weight is 485 g/mol. The number of nitrogens with one attached hydrogen (secondary N) is 1. The minimum Gasteiger partial charge on any atom is -0.370 e. The molecule has 0 bridgehead atoms. The van der Waals surface area contributed by atoms with E-state index in [1.54, 1.807) is 7.05 Å². The van der Waals surface area contributed by atoms with Gasteiger partial charge in [0.25, 0.3) is 0 Å². The van der Waals surface area contributed by atoms with Gasteiger partial charge in [0.1, 0.15) is 5.82 Å². The van der Waals surface area contributed by atoms with Crippen molar-refractivity contribution in [3.63, 3.8) is 0 Å². The molecule has 2 aromatic rings. The number of carbonyl (C=O) groups excluding carboxylic acids is 1. The van der Waals surface area contributed by atoms with Crippen LogP contribution in [0.25, 0.3) is 5.65 Å². The molecule has 9 heteroatoms. The molecule has 3 heterocycles. The first-order valence-corrected chi connectivity index (χ1v) is 9.20. The van der Waals surface area contributed by atoms with Crippen molar-refractivity contribution in [1.82, 2.24) is 24.8 Å². The van der Waals surface area contributed by atoms with Crippen LogP contribution in [0.1, 0.15) is 31.5 Å². The summed E-state index contributed by atoms with van der Waals surface area (Å²) >= 11 is 0. The molecule has 0 spiro atoms. The van der Waals surface area contributed by atoms with Gasteiger partial charge in [-0.2, -0.15) is 0 Å². The van der Waals surface area contributed by atoms with Crippen LogP contribution in [0.5, 0.6) is 0 Å². The summed E-state index contributed by atoms with van der Waals surface area (Å²) in [5.41, 5.74) is 6.22. The molecule has 2 aromatic heterocycles. The molecule has 1 unspecified atom stereocenters. The molecule has 0 aliphatic carbocycles. The second-order valence-corrected chi connectivity index (χ2v) is 6.75. The predicted octanol–water partition coefficient (Wildman–Crippen LogP) is 1.44. The van der Waals surface area contributed by atoms with Crippen LogP contribution in [0.3, 0.4) is 0 Å². The lowest BCUT2D eigenvalue weighted by Gasteiger charge is -2.34. The summed E-state index contributed by atoms with van der Waals surface area (Å²) in [6.07, 6.45) is 6.34. The maximum Gasteiger partial charge on any atom is 0.217 e. The first-order valence-electron chi connectivity index (χ1n) is 9.20. The highest BCUT2D eigenvalue weighted by atomic mass is 127. The van der Waals surface area contributed by atoms with E-state index in [2.05, 4.69) is 25.4 Å². The lowest BCUT2D eigenvalue weighted by molar-refractivity contribution is -0.119. The highest BCUT2D eigenvalue weighted by molar-refractivity contribution is 14.0. The lowest BCUT2D eigenvalue weighted by Crippen LogP contribution is -2.47. The molecule has 148 valence electrons. The van der Waals surface area contributed by atoms with Crippen LogP contribution in [0, 0.1) is 5.92 Å². The van der Waals surface area contributed by atoms with E-state index in [0.717, 1.165) is 62.7 Å². The van der Waals surface area contributed by atoms with Crippen LogP contribution in [0.15, 0.2) is 29.4 Å². The second-order valence-electron chi connectivity index (χ2n) is 6.75. The van der Waals surface area contributed by atoms with Crippen molar-refractivity contribution in [1.29, 1.82) is 0 Å². The number of primary amides is 1. The molecular weight excluding hydrogens is 457 g/mol. The summed E-state index contributed by atoms with van der Waals surface area (Å²) in [7, 11) is 1.80. The number of likely N-dealkylation sites (tertiary alicyclic amines) is 1. The minimum atomic E-state index is -0.222. The second kappa shape index (κ2) is 10.4. The van der Waals surface area contributed by atoms with Crippen molar-refractivity contribution in [3.05, 3.63) is 30.2 Å². The largest absolute Gasteiger partial charge is 0.370 e. The zero-order valence-corrected chi connectivity index (χ0v) is 18.0. The van der Waals surface area contributed by atoms with Gasteiger partial charge in [0.15, 0.2) is 11.6 Å². The topological polar surface area (TPSA) is 101 Å². The zero-order valence-electron chi connectivity index (χ0n) is 15.7. The van der Waals surface area contributed by atoms with Crippen molar-refractivity contribution in [2.45, 2.75) is 32.1 Å². The van der Waals surface area contributed by atoms with Crippen molar-refractivity contribution in [2.75, 3.05) is 26.7 Å². The standard InChI is InChI=1S/C18H27N7O.HI/c1-20-18(24-10-5-6-14(13-24)12-15(19)26)21-9-4-8-17-23-22-16-7-2-3-11-25(16)17;/h2-3,7,11,14H,4-6,8-10,12-13H2,1H3,(H2,19,26)(H,20,21);1H. The maximum atomic E-state index is 11.2. The van der Waals surface area contributed by atoms with Crippen LogP contribution in [0.2, 0.25) is 0 Å². The summed E-state index contributed by atoms with van der Waals surface area (Å²) in [6.45, 7) is 2.60. The Hall–Kier alpha value is -1.91. The maximum absolute atomic E-state index is 11.2. The molecule has 0 saturated carbocycles. The van der Waals surface area contributed by atoms with Crippen LogP contribution >= 0.6 is 24.0 Å². The summed E-state index contributed by atoms with van der Waals surface area (Å²) in [5, 5.41) is 11.9. The molecule has 3 N–H and O–H groups in total. The van der Waals surface area contributed by atoms with Crippen molar-refractivity contribution >= 4 is 41.5 Å². The molecule has 0 aromatic carbocycles. The highest BCUT2D eigenvalue weighted by Gasteiger charge is 2.23. The van der Waals surface area contributed by atoms with Gasteiger partial charge in [0.2, 0.25) is 5.91 Å². The molecule has 8 nitrogen and oxygen atoms in total. The fourth-order valence-electron chi connectivity index (χ4n) is 3.55. The molecule has 1 aliphatic rings. The average Bonchev–Trinajstić information content (AvgIpc) is 3.05. The number of amides is 1. The Morgan fingerprint density at radius 3 is 3.04 bits per heavy atom. The normalized spacial score (nSPS) is 17.6. The number of piperidine rings is 1. The number of guanidine groups is 1. The number of aliphatic imine (C=N–C) groups is 1. The Labute approximate surface area is 176 Å². The summed E-state index contributed by atoms with van der Waals surface area (Å²) in [5.74, 6) is 1.96.